The Balaban J connectivity index is 2.40. The van der Waals surface area contributed by atoms with Gasteiger partial charge in [0.2, 0.25) is 0 Å². The fourth-order valence-corrected chi connectivity index (χ4v) is 2.17. The number of piperidine rings is 1. The molecule has 1 fully saturated rings. The molecule has 1 saturated heterocycles. The fourth-order valence-electron chi connectivity index (χ4n) is 2.17. The van der Waals surface area contributed by atoms with Crippen LogP contribution in [0.4, 0.5) is 4.79 Å². The van der Waals surface area contributed by atoms with Gasteiger partial charge in [0, 0.05) is 19.7 Å². The lowest BCUT2D eigenvalue weighted by molar-refractivity contribution is 0.0159. The van der Waals surface area contributed by atoms with Crippen LogP contribution in [0.1, 0.15) is 46.5 Å². The van der Waals surface area contributed by atoms with E-state index in [4.69, 9.17) is 9.84 Å². The van der Waals surface area contributed by atoms with Crippen LogP contribution in [0.25, 0.3) is 0 Å². The summed E-state index contributed by atoms with van der Waals surface area (Å²) in [6.07, 6.45) is 3.81. The summed E-state index contributed by atoms with van der Waals surface area (Å²) < 4.78 is 5.37. The third kappa shape index (κ3) is 5.39. The van der Waals surface area contributed by atoms with Crippen molar-refractivity contribution in [2.45, 2.75) is 52.1 Å². The Morgan fingerprint density at radius 2 is 2.18 bits per heavy atom. The van der Waals surface area contributed by atoms with Gasteiger partial charge in [-0.3, -0.25) is 0 Å². The molecule has 0 spiro atoms. The standard InChI is InChI=1S/C13H25NO3/c1-13(2,3)17-12(16)14-8-4-6-11(10-14)7-5-9-15/h11,15H,4-10H2,1-3H3/t11-/m0/s1. The van der Waals surface area contributed by atoms with E-state index in [1.165, 1.54) is 0 Å². The summed E-state index contributed by atoms with van der Waals surface area (Å²) in [5, 5.41) is 8.82. The van der Waals surface area contributed by atoms with Crippen LogP contribution < -0.4 is 0 Å². The van der Waals surface area contributed by atoms with Crippen LogP contribution in [0.5, 0.6) is 0 Å². The zero-order valence-electron chi connectivity index (χ0n) is 11.2. The highest BCUT2D eigenvalue weighted by atomic mass is 16.6. The van der Waals surface area contributed by atoms with Crippen LogP contribution in [0.15, 0.2) is 0 Å². The summed E-state index contributed by atoms with van der Waals surface area (Å²) in [5.74, 6) is 0.517. The van der Waals surface area contributed by atoms with Crippen molar-refractivity contribution in [1.29, 1.82) is 0 Å². The van der Waals surface area contributed by atoms with Gasteiger partial charge >= 0.3 is 6.09 Å². The smallest absolute Gasteiger partial charge is 0.410 e. The van der Waals surface area contributed by atoms with Gasteiger partial charge in [-0.1, -0.05) is 0 Å². The van der Waals surface area contributed by atoms with E-state index in [1.807, 2.05) is 20.8 Å². The van der Waals surface area contributed by atoms with Gasteiger partial charge in [-0.2, -0.15) is 0 Å². The number of carbonyl (C=O) groups is 1. The first kappa shape index (κ1) is 14.3. The molecular formula is C13H25NO3. The second kappa shape index (κ2) is 6.24. The van der Waals surface area contributed by atoms with Crippen LogP contribution in [-0.2, 0) is 4.74 Å². The third-order valence-electron chi connectivity index (χ3n) is 2.94. The van der Waals surface area contributed by atoms with Crippen molar-refractivity contribution in [2.24, 2.45) is 5.92 Å². The molecule has 0 aromatic rings. The van der Waals surface area contributed by atoms with Gasteiger partial charge in [0.1, 0.15) is 5.60 Å². The number of amides is 1. The molecule has 0 aromatic carbocycles. The van der Waals surface area contributed by atoms with E-state index in [0.717, 1.165) is 38.8 Å². The Hall–Kier alpha value is -0.770. The highest BCUT2D eigenvalue weighted by molar-refractivity contribution is 5.68. The number of likely N-dealkylation sites (tertiary alicyclic amines) is 1. The van der Waals surface area contributed by atoms with Crippen molar-refractivity contribution in [3.63, 3.8) is 0 Å². The molecule has 0 saturated carbocycles. The molecule has 4 heteroatoms. The second-order valence-corrected chi connectivity index (χ2v) is 5.80. The highest BCUT2D eigenvalue weighted by Gasteiger charge is 2.27. The van der Waals surface area contributed by atoms with Gasteiger partial charge in [-0.05, 0) is 52.4 Å². The monoisotopic (exact) mass is 243 g/mol. The maximum absolute atomic E-state index is 11.9. The van der Waals surface area contributed by atoms with Gasteiger partial charge in [-0.15, -0.1) is 0 Å². The van der Waals surface area contributed by atoms with Crippen LogP contribution in [-0.4, -0.2) is 41.4 Å². The summed E-state index contributed by atoms with van der Waals surface area (Å²) >= 11 is 0. The Morgan fingerprint density at radius 3 is 2.76 bits per heavy atom. The van der Waals surface area contributed by atoms with Gasteiger partial charge in [0.05, 0.1) is 0 Å². The van der Waals surface area contributed by atoms with Crippen LogP contribution in [0, 0.1) is 5.92 Å². The van der Waals surface area contributed by atoms with Gasteiger partial charge < -0.3 is 14.7 Å². The lowest BCUT2D eigenvalue weighted by Crippen LogP contribution is -2.42. The number of rotatable bonds is 3. The lowest BCUT2D eigenvalue weighted by Gasteiger charge is -2.34. The minimum Gasteiger partial charge on any atom is -0.444 e. The predicted octanol–water partition coefficient (Wildman–Crippen LogP) is 2.41. The predicted molar refractivity (Wildman–Crippen MR) is 66.9 cm³/mol. The number of hydrogen-bond acceptors (Lipinski definition) is 3. The van der Waals surface area contributed by atoms with Crippen LogP contribution in [0.2, 0.25) is 0 Å². The van der Waals surface area contributed by atoms with E-state index in [2.05, 4.69) is 0 Å². The normalized spacial score (nSPS) is 21.4. The molecular weight excluding hydrogens is 218 g/mol. The van der Waals surface area contributed by atoms with Gasteiger partial charge in [-0.25, -0.2) is 4.79 Å². The maximum Gasteiger partial charge on any atom is 0.410 e. The van der Waals surface area contributed by atoms with E-state index >= 15 is 0 Å². The Morgan fingerprint density at radius 1 is 1.47 bits per heavy atom. The largest absolute Gasteiger partial charge is 0.444 e. The summed E-state index contributed by atoms with van der Waals surface area (Å²) in [6.45, 7) is 7.47. The number of hydrogen-bond donors (Lipinski definition) is 1. The Bertz CT molecular complexity index is 248. The van der Waals surface area contributed by atoms with Crippen molar-refractivity contribution < 1.29 is 14.6 Å². The summed E-state index contributed by atoms with van der Waals surface area (Å²) in [6, 6.07) is 0. The minimum absolute atomic E-state index is 0.203. The molecule has 1 N–H and O–H groups in total. The van der Waals surface area contributed by atoms with Crippen molar-refractivity contribution >= 4 is 6.09 Å². The quantitative estimate of drug-likeness (QED) is 0.828. The molecule has 1 heterocycles. The molecule has 0 unspecified atom stereocenters. The summed E-state index contributed by atoms with van der Waals surface area (Å²) in [7, 11) is 0. The first-order chi connectivity index (χ1) is 7.92. The molecule has 1 aliphatic heterocycles. The molecule has 1 rings (SSSR count). The van der Waals surface area contributed by atoms with E-state index < -0.39 is 5.60 Å². The molecule has 0 radical (unpaired) electrons. The lowest BCUT2D eigenvalue weighted by atomic mass is 9.94. The Labute approximate surface area is 104 Å². The molecule has 1 aliphatic rings. The van der Waals surface area contributed by atoms with Crippen molar-refractivity contribution in [2.75, 3.05) is 19.7 Å². The topological polar surface area (TPSA) is 49.8 Å². The zero-order valence-corrected chi connectivity index (χ0v) is 11.2. The molecule has 100 valence electrons. The molecule has 1 atom stereocenters. The average molecular weight is 243 g/mol. The fraction of sp³-hybridized carbons (Fsp3) is 0.923. The number of aliphatic hydroxyl groups excluding tert-OH is 1. The number of nitrogens with zero attached hydrogens (tertiary/aromatic N) is 1. The first-order valence-corrected chi connectivity index (χ1v) is 6.51. The third-order valence-corrected chi connectivity index (χ3v) is 2.94. The van der Waals surface area contributed by atoms with E-state index in [1.54, 1.807) is 4.90 Å². The number of ether oxygens (including phenoxy) is 1. The zero-order chi connectivity index (χ0) is 12.9. The van der Waals surface area contributed by atoms with Gasteiger partial charge in [0.15, 0.2) is 0 Å². The number of aliphatic hydroxyl groups is 1. The number of carbonyl (C=O) groups excluding carboxylic acids is 1. The van der Waals surface area contributed by atoms with E-state index in [9.17, 15) is 4.79 Å². The summed E-state index contributed by atoms with van der Waals surface area (Å²) in [4.78, 5) is 13.7. The van der Waals surface area contributed by atoms with Crippen molar-refractivity contribution in [1.82, 2.24) is 4.90 Å². The molecule has 1 amide bonds. The van der Waals surface area contributed by atoms with Gasteiger partial charge in [0.25, 0.3) is 0 Å². The average Bonchev–Trinajstić information content (AvgIpc) is 2.24. The van der Waals surface area contributed by atoms with Crippen LogP contribution in [0.3, 0.4) is 0 Å². The highest BCUT2D eigenvalue weighted by Crippen LogP contribution is 2.22. The first-order valence-electron chi connectivity index (χ1n) is 6.51. The minimum atomic E-state index is -0.422. The molecule has 0 aromatic heterocycles. The van der Waals surface area contributed by atoms with Crippen molar-refractivity contribution in [3.05, 3.63) is 0 Å². The summed E-state index contributed by atoms with van der Waals surface area (Å²) in [5.41, 5.74) is -0.422. The SMILES string of the molecule is CC(C)(C)OC(=O)N1CCC[C@@H](CCCO)C1. The van der Waals surface area contributed by atoms with Crippen molar-refractivity contribution in [3.8, 4) is 0 Å². The molecule has 0 bridgehead atoms. The van der Waals surface area contributed by atoms with E-state index in [0.29, 0.717) is 5.92 Å². The molecule has 17 heavy (non-hydrogen) atoms. The second-order valence-electron chi connectivity index (χ2n) is 5.80. The molecule has 0 aliphatic carbocycles. The van der Waals surface area contributed by atoms with E-state index in [-0.39, 0.29) is 12.7 Å². The Kier molecular flexibility index (Phi) is 5.25. The molecule has 4 nitrogen and oxygen atoms in total. The maximum atomic E-state index is 11.9. The van der Waals surface area contributed by atoms with Crippen LogP contribution >= 0.6 is 0 Å².